The van der Waals surface area contributed by atoms with Gasteiger partial charge in [0.05, 0.1) is 22.2 Å². The number of pyridine rings is 1. The van der Waals surface area contributed by atoms with Crippen molar-refractivity contribution in [3.63, 3.8) is 0 Å². The summed E-state index contributed by atoms with van der Waals surface area (Å²) < 4.78 is 17.7. The number of rotatable bonds is 6. The molecule has 12 rings (SSSR count). The number of para-hydroxylation sites is 4. The van der Waals surface area contributed by atoms with Gasteiger partial charge in [0.1, 0.15) is 5.82 Å². The van der Waals surface area contributed by atoms with E-state index in [0.29, 0.717) is 11.5 Å². The molecule has 7 nitrogen and oxygen atoms in total. The minimum Gasteiger partial charge on any atom is -0.510 e. The molecule has 0 saturated heterocycles. The molecule has 0 aliphatic heterocycles. The molecule has 0 atom stereocenters. The zero-order valence-electron chi connectivity index (χ0n) is 35.1. The summed E-state index contributed by atoms with van der Waals surface area (Å²) in [6.45, 7) is 6.74. The first kappa shape index (κ1) is 38.7. The van der Waals surface area contributed by atoms with Crippen molar-refractivity contribution in [1.29, 1.82) is 0 Å². The summed E-state index contributed by atoms with van der Waals surface area (Å²) in [5.41, 5.74) is 10.5. The van der Waals surface area contributed by atoms with Crippen molar-refractivity contribution in [2.45, 2.75) is 26.2 Å². The van der Waals surface area contributed by atoms with Crippen molar-refractivity contribution >= 4 is 65.4 Å². The van der Waals surface area contributed by atoms with Gasteiger partial charge in [-0.25, -0.2) is 4.98 Å². The van der Waals surface area contributed by atoms with E-state index in [9.17, 15) is 0 Å². The van der Waals surface area contributed by atoms with Crippen LogP contribution in [0.1, 0.15) is 26.3 Å². The number of nitrogens with zero attached hydrogens (tertiary/aromatic N) is 6. The van der Waals surface area contributed by atoms with Crippen LogP contribution in [-0.4, -0.2) is 23.3 Å². The van der Waals surface area contributed by atoms with E-state index >= 15 is 0 Å². The third kappa shape index (κ3) is 6.06. The van der Waals surface area contributed by atoms with Gasteiger partial charge in [-0.15, -0.1) is 24.3 Å². The minimum absolute atomic E-state index is 0. The van der Waals surface area contributed by atoms with E-state index in [-0.39, 0.29) is 26.5 Å². The average molecular weight is 996 g/mol. The summed E-state index contributed by atoms with van der Waals surface area (Å²) in [5.74, 6) is 1.97. The van der Waals surface area contributed by atoms with Gasteiger partial charge in [-0.1, -0.05) is 104 Å². The van der Waals surface area contributed by atoms with Gasteiger partial charge in [-0.05, 0) is 70.6 Å². The minimum atomic E-state index is -0.107. The van der Waals surface area contributed by atoms with Crippen molar-refractivity contribution in [3.05, 3.63) is 194 Å². The largest absolute Gasteiger partial charge is 0.510 e. The Morgan fingerprint density at radius 1 is 0.587 bits per heavy atom. The topological polar surface area (TPSA) is 45.7 Å². The van der Waals surface area contributed by atoms with Crippen molar-refractivity contribution in [1.82, 2.24) is 23.3 Å². The second-order valence-electron chi connectivity index (χ2n) is 17.0. The van der Waals surface area contributed by atoms with Crippen molar-refractivity contribution in [3.8, 4) is 34.4 Å². The van der Waals surface area contributed by atoms with Crippen LogP contribution in [0.5, 0.6) is 11.5 Å². The van der Waals surface area contributed by atoms with E-state index in [4.69, 9.17) is 9.72 Å². The normalized spacial score (nSPS) is 12.0. The average Bonchev–Trinajstić information content (AvgIpc) is 4.08. The Kier molecular flexibility index (Phi) is 9.04. The molecule has 0 N–H and O–H groups in total. The van der Waals surface area contributed by atoms with Gasteiger partial charge in [-0.2, -0.15) is 18.2 Å². The first-order valence-electron chi connectivity index (χ1n) is 21.0. The third-order valence-electron chi connectivity index (χ3n) is 12.2. The number of ether oxygens (including phenoxy) is 1. The summed E-state index contributed by atoms with van der Waals surface area (Å²) in [4.78, 5) is 5.16. The summed E-state index contributed by atoms with van der Waals surface area (Å²) in [6, 6.07) is 60.2. The van der Waals surface area contributed by atoms with E-state index in [0.717, 1.165) is 55.7 Å². The maximum Gasteiger partial charge on any atom is 0.267 e. The number of fused-ring (bicyclic) bond motifs is 12. The van der Waals surface area contributed by atoms with Gasteiger partial charge in [0, 0.05) is 96.5 Å². The third-order valence-corrected chi connectivity index (χ3v) is 12.2. The van der Waals surface area contributed by atoms with Gasteiger partial charge < -0.3 is 23.0 Å². The molecule has 0 aliphatic rings. The standard InChI is InChI=1S/C55H40N6O.Pt/c1-55(2,3)36-28-29-56-48(32-36)61-47-34-41(62-40-21-15-20-39(33-40)59-31-30-58(35-59)37-16-7-5-8-17-37)26-27-44(47)51-52-49(42-22-11-13-24-45(42)57(52)4)50-43-23-12-14-25-46(43)60(53(50)54(51)61)38-18-9-6-10-19-38;/h5-32H,1-4H3;/q-2;. The maximum absolute atomic E-state index is 6.70. The molecule has 63 heavy (non-hydrogen) atoms. The molecule has 0 unspecified atom stereocenters. The predicted molar refractivity (Wildman–Crippen MR) is 249 cm³/mol. The smallest absolute Gasteiger partial charge is 0.267 e. The monoisotopic (exact) mass is 995 g/mol. The Morgan fingerprint density at radius 2 is 1.24 bits per heavy atom. The number of aryl methyl sites for hydroxylation is 1. The van der Waals surface area contributed by atoms with Crippen molar-refractivity contribution in [2.24, 2.45) is 7.05 Å². The fourth-order valence-corrected chi connectivity index (χ4v) is 9.39. The van der Waals surface area contributed by atoms with E-state index in [1.165, 1.54) is 38.1 Å². The Hall–Kier alpha value is -7.21. The van der Waals surface area contributed by atoms with Crippen LogP contribution in [0, 0.1) is 18.5 Å². The molecule has 0 aliphatic carbocycles. The fraction of sp³-hybridized carbons (Fsp3) is 0.0909. The molecule has 0 bridgehead atoms. The Bertz CT molecular complexity index is 3720. The number of imidazole rings is 1. The summed E-state index contributed by atoms with van der Waals surface area (Å²) in [7, 11) is 2.20. The SMILES string of the molecule is Cn1c2ccccc2c2c3c4ccccc4n(-c4ccccc4)c3c3c(c4ccc(Oc5[c-]c(-[n+]6[c-]n(-c7ccccc7)cc6)ccc5)[c-]c4n3-c3cc(C(C)(C)C)ccn3)c21.[Pt]. The first-order valence-corrected chi connectivity index (χ1v) is 21.0. The number of hydrogen-bond acceptors (Lipinski definition) is 2. The van der Waals surface area contributed by atoms with Crippen LogP contribution < -0.4 is 9.30 Å². The van der Waals surface area contributed by atoms with Crippen LogP contribution in [0.25, 0.3) is 88.3 Å². The van der Waals surface area contributed by atoms with Crippen LogP contribution in [0.15, 0.2) is 170 Å². The van der Waals surface area contributed by atoms with Crippen LogP contribution in [0.2, 0.25) is 0 Å². The quantitative estimate of drug-likeness (QED) is 0.123. The second-order valence-corrected chi connectivity index (χ2v) is 17.0. The van der Waals surface area contributed by atoms with Gasteiger partial charge in [-0.3, -0.25) is 4.57 Å². The molecule has 8 heteroatoms. The van der Waals surface area contributed by atoms with Crippen LogP contribution in [-0.2, 0) is 33.5 Å². The maximum atomic E-state index is 6.70. The first-order chi connectivity index (χ1) is 30.3. The fourth-order valence-electron chi connectivity index (χ4n) is 9.39. The molecule has 5 heterocycles. The van der Waals surface area contributed by atoms with Crippen molar-refractivity contribution in [2.75, 3.05) is 0 Å². The van der Waals surface area contributed by atoms with Crippen LogP contribution in [0.4, 0.5) is 0 Å². The predicted octanol–water partition coefficient (Wildman–Crippen LogP) is 12.5. The zero-order valence-corrected chi connectivity index (χ0v) is 37.3. The van der Waals surface area contributed by atoms with Gasteiger partial charge in [0.2, 0.25) is 0 Å². The molecule has 0 saturated carbocycles. The van der Waals surface area contributed by atoms with E-state index in [2.05, 4.69) is 169 Å². The molecule has 0 spiro atoms. The molecular formula is C55H40N6OPt-2. The zero-order chi connectivity index (χ0) is 41.7. The van der Waals surface area contributed by atoms with E-state index < -0.39 is 0 Å². The molecule has 0 fully saturated rings. The Morgan fingerprint density at radius 3 is 2.00 bits per heavy atom. The Balaban J connectivity index is 0.00000444. The summed E-state index contributed by atoms with van der Waals surface area (Å²) >= 11 is 0. The molecular weight excluding hydrogens is 956 g/mol. The molecule has 5 aromatic heterocycles. The van der Waals surface area contributed by atoms with E-state index in [1.807, 2.05) is 70.2 Å². The number of benzene rings is 7. The van der Waals surface area contributed by atoms with Gasteiger partial charge >= 0.3 is 0 Å². The molecule has 0 amide bonds. The molecule has 7 aromatic carbocycles. The van der Waals surface area contributed by atoms with E-state index in [1.54, 1.807) is 0 Å². The summed E-state index contributed by atoms with van der Waals surface area (Å²) in [5, 5.41) is 7.04. The Labute approximate surface area is 378 Å². The number of aromatic nitrogens is 6. The summed E-state index contributed by atoms with van der Waals surface area (Å²) in [6.07, 6.45) is 9.31. The second kappa shape index (κ2) is 14.7. The molecule has 12 aromatic rings. The van der Waals surface area contributed by atoms with Crippen molar-refractivity contribution < 1.29 is 30.4 Å². The van der Waals surface area contributed by atoms with Gasteiger partial charge in [0.25, 0.3) is 6.33 Å². The molecule has 308 valence electrons. The van der Waals surface area contributed by atoms with Crippen LogP contribution in [0.3, 0.4) is 0 Å². The number of hydrogen-bond donors (Lipinski definition) is 0. The van der Waals surface area contributed by atoms with Crippen LogP contribution >= 0.6 is 0 Å². The van der Waals surface area contributed by atoms with Gasteiger partial charge in [0.15, 0.2) is 0 Å². The molecule has 0 radical (unpaired) electrons.